The Morgan fingerprint density at radius 1 is 0.967 bits per heavy atom. The minimum absolute atomic E-state index is 0.0460. The van der Waals surface area contributed by atoms with Gasteiger partial charge in [0.25, 0.3) is 0 Å². The van der Waals surface area contributed by atoms with E-state index in [1.54, 1.807) is 18.2 Å². The van der Waals surface area contributed by atoms with Gasteiger partial charge >= 0.3 is 5.97 Å². The van der Waals surface area contributed by atoms with Crippen molar-refractivity contribution in [1.29, 1.82) is 0 Å². The Morgan fingerprint density at radius 3 is 2.27 bits per heavy atom. The molecule has 0 aliphatic carbocycles. The number of rotatable bonds is 8. The second-order valence-electron chi connectivity index (χ2n) is 7.26. The fraction of sp³-hybridized carbons (Fsp3) is 0.348. The highest BCUT2D eigenvalue weighted by molar-refractivity contribution is 5.90. The van der Waals surface area contributed by atoms with Crippen molar-refractivity contribution in [3.05, 3.63) is 70.5 Å². The molecule has 0 spiro atoms. The van der Waals surface area contributed by atoms with E-state index in [-0.39, 0.29) is 18.4 Å². The molecule has 2 amide bonds. The number of hydrogen-bond acceptors (Lipinski definition) is 4. The second-order valence-corrected chi connectivity index (χ2v) is 7.26. The molecule has 2 atom stereocenters. The SMILES string of the molecule is COC(=O)[C@H](Cc1ccc(C)c(C)c1)NC(=O)[C@@H](Cc1ccccc1F)NC(C)=O. The first-order valence-corrected chi connectivity index (χ1v) is 9.66. The normalized spacial score (nSPS) is 12.6. The van der Waals surface area contributed by atoms with Crippen LogP contribution in [0.25, 0.3) is 0 Å². The summed E-state index contributed by atoms with van der Waals surface area (Å²) in [4.78, 5) is 36.8. The molecule has 2 rings (SSSR count). The lowest BCUT2D eigenvalue weighted by atomic mass is 10.00. The summed E-state index contributed by atoms with van der Waals surface area (Å²) in [6.07, 6.45) is 0.182. The lowest BCUT2D eigenvalue weighted by molar-refractivity contribution is -0.145. The highest BCUT2D eigenvalue weighted by Crippen LogP contribution is 2.13. The number of halogens is 1. The van der Waals surface area contributed by atoms with Crippen molar-refractivity contribution in [2.45, 2.75) is 45.7 Å². The monoisotopic (exact) mass is 414 g/mol. The van der Waals surface area contributed by atoms with Crippen LogP contribution < -0.4 is 10.6 Å². The Hall–Kier alpha value is -3.22. The van der Waals surface area contributed by atoms with Crippen molar-refractivity contribution in [3.63, 3.8) is 0 Å². The first-order chi connectivity index (χ1) is 14.2. The summed E-state index contributed by atoms with van der Waals surface area (Å²) in [6.45, 7) is 5.22. The van der Waals surface area contributed by atoms with E-state index < -0.39 is 35.7 Å². The summed E-state index contributed by atoms with van der Waals surface area (Å²) < 4.78 is 18.9. The fourth-order valence-electron chi connectivity index (χ4n) is 3.11. The standard InChI is InChI=1S/C23H27FN2O4/c1-14-9-10-17(11-15(14)2)12-21(23(29)30-4)26-22(28)20(25-16(3)27)13-18-7-5-6-8-19(18)24/h5-11,20-21H,12-13H2,1-4H3,(H,25,27)(H,26,28)/t20-,21+/m1/s1. The van der Waals surface area contributed by atoms with Crippen LogP contribution in [0, 0.1) is 19.7 Å². The molecule has 0 saturated heterocycles. The number of esters is 1. The van der Waals surface area contributed by atoms with Gasteiger partial charge in [-0.2, -0.15) is 0 Å². The van der Waals surface area contributed by atoms with Crippen molar-refractivity contribution in [1.82, 2.24) is 10.6 Å². The summed E-state index contributed by atoms with van der Waals surface area (Å²) in [6, 6.07) is 9.82. The van der Waals surface area contributed by atoms with Gasteiger partial charge in [0.1, 0.15) is 17.9 Å². The highest BCUT2D eigenvalue weighted by Gasteiger charge is 2.28. The van der Waals surface area contributed by atoms with Gasteiger partial charge < -0.3 is 15.4 Å². The zero-order valence-electron chi connectivity index (χ0n) is 17.6. The van der Waals surface area contributed by atoms with E-state index in [9.17, 15) is 18.8 Å². The number of ether oxygens (including phenoxy) is 1. The van der Waals surface area contributed by atoms with Crippen molar-refractivity contribution in [3.8, 4) is 0 Å². The molecule has 0 aromatic heterocycles. The van der Waals surface area contributed by atoms with Gasteiger partial charge in [-0.1, -0.05) is 36.4 Å². The van der Waals surface area contributed by atoms with Crippen molar-refractivity contribution >= 4 is 17.8 Å². The summed E-state index contributed by atoms with van der Waals surface area (Å²) in [5.74, 6) is -2.10. The van der Waals surface area contributed by atoms with E-state index in [0.717, 1.165) is 16.7 Å². The minimum Gasteiger partial charge on any atom is -0.467 e. The van der Waals surface area contributed by atoms with Crippen molar-refractivity contribution in [2.75, 3.05) is 7.11 Å². The molecule has 2 N–H and O–H groups in total. The zero-order chi connectivity index (χ0) is 22.3. The molecule has 0 saturated carbocycles. The van der Waals surface area contributed by atoms with Crippen molar-refractivity contribution in [2.24, 2.45) is 0 Å². The highest BCUT2D eigenvalue weighted by atomic mass is 19.1. The van der Waals surface area contributed by atoms with Gasteiger partial charge in [-0.25, -0.2) is 9.18 Å². The molecule has 30 heavy (non-hydrogen) atoms. The number of carbonyl (C=O) groups is 3. The Balaban J connectivity index is 2.20. The second kappa shape index (κ2) is 10.5. The molecule has 0 fully saturated rings. The number of hydrogen-bond donors (Lipinski definition) is 2. The van der Waals surface area contributed by atoms with Gasteiger partial charge in [0.15, 0.2) is 0 Å². The maximum absolute atomic E-state index is 14.0. The number of methoxy groups -OCH3 is 1. The molecule has 0 heterocycles. The van der Waals surface area contributed by atoms with Gasteiger partial charge in [0, 0.05) is 19.8 Å². The number of aryl methyl sites for hydroxylation is 2. The van der Waals surface area contributed by atoms with Gasteiger partial charge in [0.05, 0.1) is 7.11 Å². The Labute approximate surface area is 175 Å². The summed E-state index contributed by atoms with van der Waals surface area (Å²) >= 11 is 0. The third-order valence-electron chi connectivity index (χ3n) is 4.89. The van der Waals surface area contributed by atoms with Crippen LogP contribution in [0.3, 0.4) is 0 Å². The maximum atomic E-state index is 14.0. The fourth-order valence-corrected chi connectivity index (χ4v) is 3.11. The van der Waals surface area contributed by atoms with E-state index in [2.05, 4.69) is 10.6 Å². The van der Waals surface area contributed by atoms with Gasteiger partial charge in [-0.3, -0.25) is 9.59 Å². The Kier molecular flexibility index (Phi) is 8.09. The van der Waals surface area contributed by atoms with E-state index >= 15 is 0 Å². The molecule has 0 aliphatic heterocycles. The topological polar surface area (TPSA) is 84.5 Å². The molecule has 0 unspecified atom stereocenters. The van der Waals surface area contributed by atoms with Crippen LogP contribution in [0.2, 0.25) is 0 Å². The van der Waals surface area contributed by atoms with E-state index in [4.69, 9.17) is 4.74 Å². The molecule has 0 bridgehead atoms. The van der Waals surface area contributed by atoms with E-state index in [0.29, 0.717) is 0 Å². The molecular weight excluding hydrogens is 387 g/mol. The van der Waals surface area contributed by atoms with Gasteiger partial charge in [-0.05, 0) is 42.2 Å². The summed E-state index contributed by atoms with van der Waals surface area (Å²) in [5, 5.41) is 5.17. The Bertz CT molecular complexity index is 929. The predicted molar refractivity (Wildman–Crippen MR) is 111 cm³/mol. The molecule has 160 valence electrons. The minimum atomic E-state index is -1.04. The van der Waals surface area contributed by atoms with Crippen LogP contribution in [0.4, 0.5) is 4.39 Å². The Morgan fingerprint density at radius 2 is 1.67 bits per heavy atom. The van der Waals surface area contributed by atoms with Crippen LogP contribution in [-0.2, 0) is 32.0 Å². The number of benzene rings is 2. The first-order valence-electron chi connectivity index (χ1n) is 9.66. The van der Waals surface area contributed by atoms with Gasteiger partial charge in [0.2, 0.25) is 11.8 Å². The smallest absolute Gasteiger partial charge is 0.328 e. The molecule has 7 heteroatoms. The molecule has 6 nitrogen and oxygen atoms in total. The van der Waals surface area contributed by atoms with Crippen LogP contribution >= 0.6 is 0 Å². The van der Waals surface area contributed by atoms with Crippen LogP contribution in [0.15, 0.2) is 42.5 Å². The average molecular weight is 414 g/mol. The molecule has 2 aromatic rings. The average Bonchev–Trinajstić information content (AvgIpc) is 2.70. The van der Waals surface area contributed by atoms with Crippen LogP contribution in [-0.4, -0.2) is 37.0 Å². The largest absolute Gasteiger partial charge is 0.467 e. The zero-order valence-corrected chi connectivity index (χ0v) is 17.6. The van der Waals surface area contributed by atoms with E-state index in [1.165, 1.54) is 20.1 Å². The third-order valence-corrected chi connectivity index (χ3v) is 4.89. The van der Waals surface area contributed by atoms with E-state index in [1.807, 2.05) is 32.0 Å². The van der Waals surface area contributed by atoms with Crippen LogP contribution in [0.1, 0.15) is 29.2 Å². The molecule has 0 aliphatic rings. The summed E-state index contributed by atoms with van der Waals surface area (Å²) in [7, 11) is 1.24. The quantitative estimate of drug-likeness (QED) is 0.650. The number of amides is 2. The lowest BCUT2D eigenvalue weighted by Gasteiger charge is -2.22. The molecule has 2 aromatic carbocycles. The maximum Gasteiger partial charge on any atom is 0.328 e. The molecular formula is C23H27FN2O4. The molecule has 0 radical (unpaired) electrons. The first kappa shape index (κ1) is 23.1. The lowest BCUT2D eigenvalue weighted by Crippen LogP contribution is -2.53. The van der Waals surface area contributed by atoms with Crippen LogP contribution in [0.5, 0.6) is 0 Å². The number of nitrogens with one attached hydrogen (secondary N) is 2. The van der Waals surface area contributed by atoms with Gasteiger partial charge in [-0.15, -0.1) is 0 Å². The van der Waals surface area contributed by atoms with Crippen molar-refractivity contribution < 1.29 is 23.5 Å². The number of carbonyl (C=O) groups excluding carboxylic acids is 3. The third kappa shape index (κ3) is 6.40. The predicted octanol–water partition coefficient (Wildman–Crippen LogP) is 2.39. The summed E-state index contributed by atoms with van der Waals surface area (Å²) in [5.41, 5.74) is 3.33.